The zero-order valence-corrected chi connectivity index (χ0v) is 12.3. The van der Waals surface area contributed by atoms with Crippen LogP contribution in [0.4, 0.5) is 5.69 Å². The summed E-state index contributed by atoms with van der Waals surface area (Å²) in [5.74, 6) is 0.544. The second kappa shape index (κ2) is 5.69. The van der Waals surface area contributed by atoms with E-state index in [1.165, 1.54) is 5.69 Å². The summed E-state index contributed by atoms with van der Waals surface area (Å²) in [6.07, 6.45) is 4.08. The molecule has 1 aliphatic rings. The quantitative estimate of drug-likeness (QED) is 0.646. The Kier molecular flexibility index (Phi) is 3.75. The number of fused-ring (bicyclic) bond motifs is 1. The van der Waals surface area contributed by atoms with Gasteiger partial charge in [0.05, 0.1) is 5.52 Å². The van der Waals surface area contributed by atoms with E-state index in [1.807, 2.05) is 18.3 Å². The highest BCUT2D eigenvalue weighted by atomic mass is 15.2. The Bertz CT molecular complexity index is 679. The maximum Gasteiger partial charge on any atom is 0.125 e. The second-order valence-electron chi connectivity index (χ2n) is 5.52. The van der Waals surface area contributed by atoms with Gasteiger partial charge in [0.2, 0.25) is 0 Å². The van der Waals surface area contributed by atoms with Crippen molar-refractivity contribution in [3.8, 4) is 0 Å². The number of pyridine rings is 1. The van der Waals surface area contributed by atoms with Gasteiger partial charge >= 0.3 is 0 Å². The van der Waals surface area contributed by atoms with E-state index >= 15 is 0 Å². The predicted octanol–water partition coefficient (Wildman–Crippen LogP) is 1.50. The fraction of sp³-hybridized carbons (Fsp3) is 0.375. The van der Waals surface area contributed by atoms with Crippen LogP contribution in [0.2, 0.25) is 0 Å². The van der Waals surface area contributed by atoms with Crippen LogP contribution in [0.3, 0.4) is 0 Å². The van der Waals surface area contributed by atoms with E-state index in [-0.39, 0.29) is 6.04 Å². The van der Waals surface area contributed by atoms with Gasteiger partial charge in [0.1, 0.15) is 5.84 Å². The Balaban J connectivity index is 2.09. The summed E-state index contributed by atoms with van der Waals surface area (Å²) in [6, 6.07) is 8.33. The monoisotopic (exact) mass is 283 g/mol. The van der Waals surface area contributed by atoms with E-state index in [4.69, 9.17) is 11.5 Å². The molecule has 1 aliphatic heterocycles. The van der Waals surface area contributed by atoms with E-state index in [2.05, 4.69) is 27.0 Å². The molecule has 2 aromatic rings. The molecule has 1 fully saturated rings. The van der Waals surface area contributed by atoms with Crippen molar-refractivity contribution >= 4 is 22.4 Å². The Morgan fingerprint density at radius 2 is 2.24 bits per heavy atom. The van der Waals surface area contributed by atoms with Crippen LogP contribution in [-0.2, 0) is 0 Å². The number of rotatable bonds is 2. The van der Waals surface area contributed by atoms with E-state index in [1.54, 1.807) is 7.05 Å². The molecule has 0 radical (unpaired) electrons. The zero-order chi connectivity index (χ0) is 14.8. The molecule has 0 amide bonds. The first-order valence-corrected chi connectivity index (χ1v) is 7.31. The summed E-state index contributed by atoms with van der Waals surface area (Å²) >= 11 is 0. The van der Waals surface area contributed by atoms with Crippen molar-refractivity contribution in [3.63, 3.8) is 0 Å². The molecular weight excluding hydrogens is 262 g/mol. The normalized spacial score (nSPS) is 20.0. The molecule has 110 valence electrons. The van der Waals surface area contributed by atoms with Crippen LogP contribution >= 0.6 is 0 Å². The number of hydrogen-bond acceptors (Lipinski definition) is 4. The summed E-state index contributed by atoms with van der Waals surface area (Å²) in [4.78, 5) is 10.9. The van der Waals surface area contributed by atoms with Gasteiger partial charge in [0, 0.05) is 49.0 Å². The highest BCUT2D eigenvalue weighted by Gasteiger charge is 2.19. The number of piperidine rings is 1. The minimum Gasteiger partial charge on any atom is -0.384 e. The zero-order valence-electron chi connectivity index (χ0n) is 12.3. The third kappa shape index (κ3) is 2.69. The summed E-state index contributed by atoms with van der Waals surface area (Å²) in [5.41, 5.74) is 15.1. The van der Waals surface area contributed by atoms with Gasteiger partial charge < -0.3 is 16.4 Å². The van der Waals surface area contributed by atoms with Crippen LogP contribution < -0.4 is 16.4 Å². The van der Waals surface area contributed by atoms with Gasteiger partial charge in [-0.05, 0) is 37.1 Å². The first-order chi connectivity index (χ1) is 10.2. The van der Waals surface area contributed by atoms with Crippen molar-refractivity contribution in [1.82, 2.24) is 4.98 Å². The molecule has 1 saturated heterocycles. The first-order valence-electron chi connectivity index (χ1n) is 7.31. The first kappa shape index (κ1) is 13.8. The minimum absolute atomic E-state index is 0.243. The van der Waals surface area contributed by atoms with Gasteiger partial charge in [-0.15, -0.1) is 0 Å². The Morgan fingerprint density at radius 1 is 1.38 bits per heavy atom. The molecule has 1 aromatic heterocycles. The van der Waals surface area contributed by atoms with Crippen LogP contribution in [0.5, 0.6) is 0 Å². The highest BCUT2D eigenvalue weighted by Crippen LogP contribution is 2.28. The lowest BCUT2D eigenvalue weighted by atomic mass is 10.0. The summed E-state index contributed by atoms with van der Waals surface area (Å²) in [5, 5.41) is 1.11. The SMILES string of the molecule is CN=C(N)c1ccc2nccc(N3CCCC(N)C3)c2c1. The number of benzene rings is 1. The largest absolute Gasteiger partial charge is 0.384 e. The molecule has 3 rings (SSSR count). The van der Waals surface area contributed by atoms with Crippen molar-refractivity contribution in [2.24, 2.45) is 16.5 Å². The number of aliphatic imine (C=N–C) groups is 1. The third-order valence-corrected chi connectivity index (χ3v) is 4.05. The molecule has 5 nitrogen and oxygen atoms in total. The molecular formula is C16H21N5. The van der Waals surface area contributed by atoms with Gasteiger partial charge in [-0.1, -0.05) is 0 Å². The summed E-state index contributed by atoms with van der Waals surface area (Å²) in [7, 11) is 1.70. The lowest BCUT2D eigenvalue weighted by Crippen LogP contribution is -2.42. The van der Waals surface area contributed by atoms with Gasteiger partial charge in [0.15, 0.2) is 0 Å². The number of anilines is 1. The minimum atomic E-state index is 0.243. The smallest absolute Gasteiger partial charge is 0.125 e. The Hall–Kier alpha value is -2.14. The van der Waals surface area contributed by atoms with Crippen LogP contribution in [0, 0.1) is 0 Å². The molecule has 1 unspecified atom stereocenters. The van der Waals surface area contributed by atoms with Gasteiger partial charge in [0.25, 0.3) is 0 Å². The standard InChI is InChI=1S/C16H21N5/c1-19-16(18)11-4-5-14-13(9-11)15(6-7-20-14)21-8-2-3-12(17)10-21/h4-7,9,12H,2-3,8,10,17H2,1H3,(H2,18,19). The molecule has 5 heteroatoms. The molecule has 0 spiro atoms. The molecule has 1 atom stereocenters. The second-order valence-corrected chi connectivity index (χ2v) is 5.52. The molecule has 2 heterocycles. The van der Waals surface area contributed by atoms with Crippen LogP contribution in [0.25, 0.3) is 10.9 Å². The fourth-order valence-electron chi connectivity index (χ4n) is 2.92. The van der Waals surface area contributed by atoms with E-state index in [9.17, 15) is 0 Å². The average molecular weight is 283 g/mol. The van der Waals surface area contributed by atoms with Gasteiger partial charge in [-0.3, -0.25) is 9.98 Å². The maximum atomic E-state index is 6.11. The third-order valence-electron chi connectivity index (χ3n) is 4.05. The Morgan fingerprint density at radius 3 is 3.00 bits per heavy atom. The predicted molar refractivity (Wildman–Crippen MR) is 87.8 cm³/mol. The number of amidine groups is 1. The molecule has 21 heavy (non-hydrogen) atoms. The van der Waals surface area contributed by atoms with Crippen LogP contribution in [0.1, 0.15) is 18.4 Å². The lowest BCUT2D eigenvalue weighted by molar-refractivity contribution is 0.507. The van der Waals surface area contributed by atoms with Crippen molar-refractivity contribution in [3.05, 3.63) is 36.0 Å². The summed E-state index contributed by atoms with van der Waals surface area (Å²) in [6.45, 7) is 1.93. The summed E-state index contributed by atoms with van der Waals surface area (Å²) < 4.78 is 0. The number of aromatic nitrogens is 1. The maximum absolute atomic E-state index is 6.11. The number of hydrogen-bond donors (Lipinski definition) is 2. The van der Waals surface area contributed by atoms with Gasteiger partial charge in [-0.25, -0.2) is 0 Å². The van der Waals surface area contributed by atoms with Crippen molar-refractivity contribution in [2.45, 2.75) is 18.9 Å². The van der Waals surface area contributed by atoms with Crippen LogP contribution in [0.15, 0.2) is 35.5 Å². The molecule has 0 aliphatic carbocycles. The van der Waals surface area contributed by atoms with E-state index < -0.39 is 0 Å². The lowest BCUT2D eigenvalue weighted by Gasteiger charge is -2.33. The molecule has 1 aromatic carbocycles. The Labute approximate surface area is 124 Å². The topological polar surface area (TPSA) is 80.5 Å². The van der Waals surface area contributed by atoms with Gasteiger partial charge in [-0.2, -0.15) is 0 Å². The average Bonchev–Trinajstić information content (AvgIpc) is 2.53. The van der Waals surface area contributed by atoms with E-state index in [0.717, 1.165) is 42.4 Å². The molecule has 0 saturated carbocycles. The number of nitrogens with two attached hydrogens (primary N) is 2. The van der Waals surface area contributed by atoms with Crippen molar-refractivity contribution in [2.75, 3.05) is 25.0 Å². The molecule has 0 bridgehead atoms. The number of nitrogens with zero attached hydrogens (tertiary/aromatic N) is 3. The van der Waals surface area contributed by atoms with E-state index in [0.29, 0.717) is 5.84 Å². The molecule has 4 N–H and O–H groups in total. The fourth-order valence-corrected chi connectivity index (χ4v) is 2.92. The van der Waals surface area contributed by atoms with Crippen LogP contribution in [-0.4, -0.2) is 37.0 Å². The van der Waals surface area contributed by atoms with Crippen molar-refractivity contribution < 1.29 is 0 Å². The van der Waals surface area contributed by atoms with Crippen molar-refractivity contribution in [1.29, 1.82) is 0 Å². The highest BCUT2D eigenvalue weighted by molar-refractivity contribution is 6.02.